The highest BCUT2D eigenvalue weighted by atomic mass is 16.5. The Hall–Kier alpha value is -1.36. The van der Waals surface area contributed by atoms with Gasteiger partial charge in [-0.3, -0.25) is 4.79 Å². The topological polar surface area (TPSA) is 47.4 Å². The Morgan fingerprint density at radius 3 is 3.18 bits per heavy atom. The highest BCUT2D eigenvalue weighted by Crippen LogP contribution is 2.18. The van der Waals surface area contributed by atoms with E-state index in [2.05, 4.69) is 9.55 Å². The van der Waals surface area contributed by atoms with Crippen LogP contribution in [-0.4, -0.2) is 39.6 Å². The van der Waals surface area contributed by atoms with Crippen LogP contribution in [-0.2, 0) is 22.6 Å². The lowest BCUT2D eigenvalue weighted by Gasteiger charge is -2.32. The van der Waals surface area contributed by atoms with Crippen LogP contribution in [0.1, 0.15) is 25.1 Å². The van der Waals surface area contributed by atoms with E-state index in [1.165, 1.54) is 0 Å². The van der Waals surface area contributed by atoms with Crippen molar-refractivity contribution >= 4 is 5.91 Å². The molecular weight excluding hydrogens is 218 g/mol. The van der Waals surface area contributed by atoms with Crippen LogP contribution in [0.4, 0.5) is 0 Å². The maximum absolute atomic E-state index is 12.2. The largest absolute Gasteiger partial charge is 0.368 e. The highest BCUT2D eigenvalue weighted by Gasteiger charge is 2.29. The van der Waals surface area contributed by atoms with Crippen molar-refractivity contribution in [2.24, 2.45) is 0 Å². The van der Waals surface area contributed by atoms with E-state index in [9.17, 15) is 4.79 Å². The summed E-state index contributed by atoms with van der Waals surface area (Å²) in [5, 5.41) is 0. The van der Waals surface area contributed by atoms with Gasteiger partial charge in [0.05, 0.1) is 6.54 Å². The third-order valence-corrected chi connectivity index (χ3v) is 3.51. The van der Waals surface area contributed by atoms with Crippen LogP contribution in [0.25, 0.3) is 0 Å². The van der Waals surface area contributed by atoms with Crippen molar-refractivity contribution < 1.29 is 9.53 Å². The molecule has 3 heterocycles. The summed E-state index contributed by atoms with van der Waals surface area (Å²) < 4.78 is 7.65. The highest BCUT2D eigenvalue weighted by molar-refractivity contribution is 5.81. The Kier molecular flexibility index (Phi) is 2.84. The molecule has 0 aromatic carbocycles. The van der Waals surface area contributed by atoms with Crippen molar-refractivity contribution in [3.63, 3.8) is 0 Å². The molecule has 1 fully saturated rings. The summed E-state index contributed by atoms with van der Waals surface area (Å²) in [4.78, 5) is 18.4. The van der Waals surface area contributed by atoms with Gasteiger partial charge in [0.2, 0.25) is 0 Å². The van der Waals surface area contributed by atoms with E-state index >= 15 is 0 Å². The van der Waals surface area contributed by atoms with Crippen LogP contribution in [0.2, 0.25) is 0 Å². The van der Waals surface area contributed by atoms with Gasteiger partial charge in [0, 0.05) is 32.1 Å². The number of fused-ring (bicyclic) bond motifs is 1. The second kappa shape index (κ2) is 4.49. The fraction of sp³-hybridized carbons (Fsp3) is 0.667. The van der Waals surface area contributed by atoms with Gasteiger partial charge in [-0.2, -0.15) is 0 Å². The molecule has 0 radical (unpaired) electrons. The quantitative estimate of drug-likeness (QED) is 0.723. The molecule has 5 nitrogen and oxygen atoms in total. The van der Waals surface area contributed by atoms with Crippen LogP contribution in [0.15, 0.2) is 12.4 Å². The van der Waals surface area contributed by atoms with Gasteiger partial charge < -0.3 is 14.2 Å². The Morgan fingerprint density at radius 2 is 2.35 bits per heavy atom. The van der Waals surface area contributed by atoms with Crippen LogP contribution in [0.5, 0.6) is 0 Å². The molecule has 0 aliphatic carbocycles. The zero-order valence-corrected chi connectivity index (χ0v) is 9.84. The fourth-order valence-electron chi connectivity index (χ4n) is 2.50. The summed E-state index contributed by atoms with van der Waals surface area (Å²) in [7, 11) is 0. The first-order valence-corrected chi connectivity index (χ1v) is 6.25. The minimum atomic E-state index is -0.217. The molecule has 0 spiro atoms. The summed E-state index contributed by atoms with van der Waals surface area (Å²) in [6.45, 7) is 2.94. The molecule has 0 bridgehead atoms. The maximum Gasteiger partial charge on any atom is 0.252 e. The number of hydrogen-bond donors (Lipinski definition) is 0. The number of nitrogens with zero attached hydrogens (tertiary/aromatic N) is 3. The number of hydrogen-bond acceptors (Lipinski definition) is 3. The van der Waals surface area contributed by atoms with Gasteiger partial charge in [-0.05, 0) is 19.3 Å². The molecule has 17 heavy (non-hydrogen) atoms. The molecule has 1 aromatic rings. The number of carbonyl (C=O) groups excluding carboxylic acids is 1. The van der Waals surface area contributed by atoms with Gasteiger partial charge in [0.25, 0.3) is 5.91 Å². The molecule has 1 saturated heterocycles. The van der Waals surface area contributed by atoms with Crippen molar-refractivity contribution in [1.29, 1.82) is 0 Å². The molecular formula is C12H17N3O2. The fourth-order valence-corrected chi connectivity index (χ4v) is 2.50. The molecule has 92 valence electrons. The molecule has 0 saturated carbocycles. The number of carbonyl (C=O) groups is 1. The lowest BCUT2D eigenvalue weighted by molar-refractivity contribution is -0.148. The zero-order chi connectivity index (χ0) is 11.7. The Morgan fingerprint density at radius 1 is 1.41 bits per heavy atom. The summed E-state index contributed by atoms with van der Waals surface area (Å²) >= 11 is 0. The molecule has 0 N–H and O–H groups in total. The van der Waals surface area contributed by atoms with E-state index in [1.807, 2.05) is 11.1 Å². The van der Waals surface area contributed by atoms with Crippen molar-refractivity contribution in [3.05, 3.63) is 18.2 Å². The van der Waals surface area contributed by atoms with E-state index < -0.39 is 0 Å². The number of imidazole rings is 1. The SMILES string of the molecule is O=C(C1CCCCO1)N1CCn2ccnc2C1. The zero-order valence-electron chi connectivity index (χ0n) is 9.84. The normalized spacial score (nSPS) is 24.5. The third-order valence-electron chi connectivity index (χ3n) is 3.51. The smallest absolute Gasteiger partial charge is 0.252 e. The molecule has 1 unspecified atom stereocenters. The van der Waals surface area contributed by atoms with E-state index in [1.54, 1.807) is 6.20 Å². The van der Waals surface area contributed by atoms with Gasteiger partial charge >= 0.3 is 0 Å². The number of ether oxygens (including phenoxy) is 1. The Bertz CT molecular complexity index is 410. The van der Waals surface area contributed by atoms with E-state index in [-0.39, 0.29) is 12.0 Å². The third kappa shape index (κ3) is 2.07. The molecule has 5 heteroatoms. The van der Waals surface area contributed by atoms with E-state index in [0.717, 1.165) is 44.8 Å². The summed E-state index contributed by atoms with van der Waals surface area (Å²) in [5.74, 6) is 1.11. The van der Waals surface area contributed by atoms with Crippen LogP contribution in [0, 0.1) is 0 Å². The van der Waals surface area contributed by atoms with Crippen LogP contribution >= 0.6 is 0 Å². The number of amides is 1. The monoisotopic (exact) mass is 235 g/mol. The average Bonchev–Trinajstić information content (AvgIpc) is 2.86. The predicted molar refractivity (Wildman–Crippen MR) is 61.2 cm³/mol. The second-order valence-corrected chi connectivity index (χ2v) is 4.65. The van der Waals surface area contributed by atoms with E-state index in [4.69, 9.17) is 4.74 Å². The average molecular weight is 235 g/mol. The lowest BCUT2D eigenvalue weighted by Crippen LogP contribution is -2.45. The first kappa shape index (κ1) is 10.8. The molecule has 1 aromatic heterocycles. The Labute approximate surface area is 100 Å². The Balaban J connectivity index is 1.67. The number of aromatic nitrogens is 2. The van der Waals surface area contributed by atoms with Gasteiger partial charge in [-0.25, -0.2) is 4.98 Å². The number of rotatable bonds is 1. The minimum absolute atomic E-state index is 0.138. The lowest BCUT2D eigenvalue weighted by atomic mass is 10.1. The van der Waals surface area contributed by atoms with Crippen molar-refractivity contribution in [1.82, 2.24) is 14.5 Å². The second-order valence-electron chi connectivity index (χ2n) is 4.65. The van der Waals surface area contributed by atoms with Gasteiger partial charge in [0.15, 0.2) is 0 Å². The summed E-state index contributed by atoms with van der Waals surface area (Å²) in [6.07, 6.45) is 6.58. The summed E-state index contributed by atoms with van der Waals surface area (Å²) in [5.41, 5.74) is 0. The van der Waals surface area contributed by atoms with Gasteiger partial charge in [-0.1, -0.05) is 0 Å². The minimum Gasteiger partial charge on any atom is -0.368 e. The van der Waals surface area contributed by atoms with E-state index in [0.29, 0.717) is 6.54 Å². The van der Waals surface area contributed by atoms with Crippen LogP contribution in [0.3, 0.4) is 0 Å². The van der Waals surface area contributed by atoms with Crippen molar-refractivity contribution in [2.75, 3.05) is 13.2 Å². The van der Waals surface area contributed by atoms with Gasteiger partial charge in [-0.15, -0.1) is 0 Å². The van der Waals surface area contributed by atoms with Crippen LogP contribution < -0.4 is 0 Å². The standard InChI is InChI=1S/C12H17N3O2/c16-12(10-3-1-2-8-17-10)15-7-6-14-5-4-13-11(14)9-15/h4-5,10H,1-3,6-9H2. The molecule has 2 aliphatic rings. The molecule has 3 rings (SSSR count). The first-order valence-electron chi connectivity index (χ1n) is 6.25. The molecule has 2 aliphatic heterocycles. The van der Waals surface area contributed by atoms with Gasteiger partial charge in [0.1, 0.15) is 11.9 Å². The molecule has 1 amide bonds. The maximum atomic E-state index is 12.2. The molecule has 1 atom stereocenters. The van der Waals surface area contributed by atoms with Crippen molar-refractivity contribution in [2.45, 2.75) is 38.5 Å². The van der Waals surface area contributed by atoms with Crippen molar-refractivity contribution in [3.8, 4) is 0 Å². The summed E-state index contributed by atoms with van der Waals surface area (Å²) in [6, 6.07) is 0. The predicted octanol–water partition coefficient (Wildman–Crippen LogP) is 0.794. The first-order chi connectivity index (χ1) is 8.34.